The average Bonchev–Trinajstić information content (AvgIpc) is 3.15. The zero-order chi connectivity index (χ0) is 13.9. The molecule has 0 aliphatic carbocycles. The number of piperidine rings is 1. The first-order valence-corrected chi connectivity index (χ1v) is 7.83. The fourth-order valence-corrected chi connectivity index (χ4v) is 3.57. The van der Waals surface area contributed by atoms with E-state index in [-0.39, 0.29) is 17.9 Å². The van der Waals surface area contributed by atoms with Crippen molar-refractivity contribution in [3.8, 4) is 6.07 Å². The molecule has 0 bridgehead atoms. The van der Waals surface area contributed by atoms with Gasteiger partial charge in [0.2, 0.25) is 5.91 Å². The van der Waals surface area contributed by atoms with Gasteiger partial charge in [0.05, 0.1) is 12.6 Å². The van der Waals surface area contributed by atoms with E-state index in [9.17, 15) is 4.79 Å². The lowest BCUT2D eigenvalue weighted by Gasteiger charge is -2.29. The Balaban J connectivity index is 1.74. The summed E-state index contributed by atoms with van der Waals surface area (Å²) in [6, 6.07) is 3.98. The number of amides is 1. The van der Waals surface area contributed by atoms with Crippen molar-refractivity contribution in [1.82, 2.24) is 10.4 Å². The van der Waals surface area contributed by atoms with Crippen LogP contribution in [-0.4, -0.2) is 30.7 Å². The van der Waals surface area contributed by atoms with Crippen molar-refractivity contribution in [3.05, 3.63) is 21.9 Å². The van der Waals surface area contributed by atoms with Crippen LogP contribution < -0.4 is 5.32 Å². The number of carbonyl (C=O) groups excluding carboxylic acids is 1. The Hall–Kier alpha value is -1.42. The van der Waals surface area contributed by atoms with Gasteiger partial charge < -0.3 is 5.32 Å². The van der Waals surface area contributed by atoms with E-state index >= 15 is 0 Å². The predicted molar refractivity (Wildman–Crippen MR) is 74.8 cm³/mol. The van der Waals surface area contributed by atoms with Crippen molar-refractivity contribution in [1.29, 1.82) is 5.26 Å². The maximum absolute atomic E-state index is 12.6. The molecule has 0 radical (unpaired) electrons. The van der Waals surface area contributed by atoms with Crippen LogP contribution in [0.25, 0.3) is 0 Å². The molecule has 3 rings (SSSR count). The summed E-state index contributed by atoms with van der Waals surface area (Å²) in [5.41, 5.74) is 1.02. The zero-order valence-electron chi connectivity index (χ0n) is 11.2. The quantitative estimate of drug-likeness (QED) is 0.902. The summed E-state index contributed by atoms with van der Waals surface area (Å²) < 4.78 is 0. The minimum atomic E-state index is -0.0317. The number of hydroxylamine groups is 2. The Kier molecular flexibility index (Phi) is 4.01. The molecule has 20 heavy (non-hydrogen) atoms. The number of hydrogen-bond acceptors (Lipinski definition) is 5. The highest BCUT2D eigenvalue weighted by atomic mass is 32.1. The Morgan fingerprint density at radius 3 is 2.95 bits per heavy atom. The van der Waals surface area contributed by atoms with Gasteiger partial charge in [0.15, 0.2) is 0 Å². The third-order valence-electron chi connectivity index (χ3n) is 3.93. The summed E-state index contributed by atoms with van der Waals surface area (Å²) in [5.74, 6) is 0.157. The second-order valence-electron chi connectivity index (χ2n) is 5.18. The molecule has 2 fully saturated rings. The van der Waals surface area contributed by atoms with Crippen LogP contribution in [-0.2, 0) is 9.63 Å². The molecule has 106 valence electrons. The highest BCUT2D eigenvalue weighted by Gasteiger charge is 2.36. The van der Waals surface area contributed by atoms with Gasteiger partial charge in [-0.15, -0.1) is 11.3 Å². The van der Waals surface area contributed by atoms with Gasteiger partial charge in [-0.3, -0.25) is 9.63 Å². The second kappa shape index (κ2) is 5.92. The molecule has 2 aliphatic rings. The fraction of sp³-hybridized carbons (Fsp3) is 0.571. The van der Waals surface area contributed by atoms with Crippen molar-refractivity contribution in [2.45, 2.75) is 25.3 Å². The van der Waals surface area contributed by atoms with Crippen molar-refractivity contribution in [2.75, 3.05) is 19.7 Å². The molecule has 3 heterocycles. The lowest BCUT2D eigenvalue weighted by atomic mass is 9.96. The molecule has 2 aliphatic heterocycles. The monoisotopic (exact) mass is 291 g/mol. The molecule has 1 atom stereocenters. The molecule has 0 spiro atoms. The standard InChI is InChI=1S/C14H17N3O2S/c15-8-12-7-11(9-20-12)13-3-6-19-17(13)14(18)10-1-4-16-5-2-10/h7,9-10,13,16H,1-6H2/t13-/m0/s1. The van der Waals surface area contributed by atoms with E-state index in [0.717, 1.165) is 37.9 Å². The molecule has 0 unspecified atom stereocenters. The predicted octanol–water partition coefficient (Wildman–Crippen LogP) is 1.82. The first kappa shape index (κ1) is 13.6. The van der Waals surface area contributed by atoms with E-state index in [1.54, 1.807) is 5.06 Å². The number of rotatable bonds is 2. The summed E-state index contributed by atoms with van der Waals surface area (Å²) in [6.45, 7) is 2.36. The van der Waals surface area contributed by atoms with Gasteiger partial charge >= 0.3 is 0 Å². The van der Waals surface area contributed by atoms with Crippen molar-refractivity contribution in [3.63, 3.8) is 0 Å². The molecule has 1 aromatic rings. The maximum atomic E-state index is 12.6. The van der Waals surface area contributed by atoms with E-state index in [0.29, 0.717) is 11.5 Å². The topological polar surface area (TPSA) is 65.4 Å². The summed E-state index contributed by atoms with van der Waals surface area (Å²) in [4.78, 5) is 18.8. The van der Waals surface area contributed by atoms with Crippen molar-refractivity contribution >= 4 is 17.2 Å². The van der Waals surface area contributed by atoms with Gasteiger partial charge in [0.25, 0.3) is 0 Å². The number of nitrogens with zero attached hydrogens (tertiary/aromatic N) is 2. The van der Waals surface area contributed by atoms with Gasteiger partial charge in [-0.2, -0.15) is 5.26 Å². The summed E-state index contributed by atoms with van der Waals surface area (Å²) in [5, 5.41) is 15.7. The number of nitrogens with one attached hydrogen (secondary N) is 1. The van der Waals surface area contributed by atoms with Crippen molar-refractivity contribution < 1.29 is 9.63 Å². The third-order valence-corrected chi connectivity index (χ3v) is 4.78. The van der Waals surface area contributed by atoms with Crippen LogP contribution in [0.15, 0.2) is 11.4 Å². The summed E-state index contributed by atoms with van der Waals surface area (Å²) in [6.07, 6.45) is 2.55. The van der Waals surface area contributed by atoms with Crippen molar-refractivity contribution in [2.24, 2.45) is 5.92 Å². The average molecular weight is 291 g/mol. The zero-order valence-corrected chi connectivity index (χ0v) is 12.0. The first-order chi connectivity index (χ1) is 9.79. The maximum Gasteiger partial charge on any atom is 0.249 e. The molecular weight excluding hydrogens is 274 g/mol. The summed E-state index contributed by atoms with van der Waals surface area (Å²) >= 11 is 1.42. The van der Waals surface area contributed by atoms with E-state index < -0.39 is 0 Å². The molecule has 5 nitrogen and oxygen atoms in total. The molecule has 1 N–H and O–H groups in total. The molecule has 0 saturated carbocycles. The van der Waals surface area contributed by atoms with Crippen LogP contribution in [0, 0.1) is 17.2 Å². The molecule has 1 amide bonds. The number of nitriles is 1. The Morgan fingerprint density at radius 1 is 1.45 bits per heavy atom. The highest BCUT2D eigenvalue weighted by molar-refractivity contribution is 7.10. The van der Waals surface area contributed by atoms with E-state index in [1.165, 1.54) is 11.3 Å². The molecule has 1 aromatic heterocycles. The lowest BCUT2D eigenvalue weighted by molar-refractivity contribution is -0.182. The third kappa shape index (κ3) is 2.57. The lowest BCUT2D eigenvalue weighted by Crippen LogP contribution is -2.40. The second-order valence-corrected chi connectivity index (χ2v) is 6.09. The van der Waals surface area contributed by atoms with Crippen LogP contribution >= 0.6 is 11.3 Å². The molecule has 6 heteroatoms. The van der Waals surface area contributed by atoms with E-state index in [4.69, 9.17) is 10.1 Å². The normalized spacial score (nSPS) is 23.8. The van der Waals surface area contributed by atoms with Crippen LogP contribution in [0.3, 0.4) is 0 Å². The van der Waals surface area contributed by atoms with Gasteiger partial charge in [0, 0.05) is 12.3 Å². The first-order valence-electron chi connectivity index (χ1n) is 6.95. The minimum absolute atomic E-state index is 0.0317. The molecule has 0 aromatic carbocycles. The molecule has 2 saturated heterocycles. The number of carbonyl (C=O) groups is 1. The minimum Gasteiger partial charge on any atom is -0.317 e. The Bertz CT molecular complexity index is 531. The van der Waals surface area contributed by atoms with Crippen LogP contribution in [0.4, 0.5) is 0 Å². The largest absolute Gasteiger partial charge is 0.317 e. The van der Waals surface area contributed by atoms with E-state index in [1.807, 2.05) is 11.4 Å². The highest BCUT2D eigenvalue weighted by Crippen LogP contribution is 2.34. The van der Waals surface area contributed by atoms with Gasteiger partial charge in [-0.1, -0.05) is 0 Å². The Labute approximate surface area is 122 Å². The van der Waals surface area contributed by atoms with Crippen LogP contribution in [0.2, 0.25) is 0 Å². The molecular formula is C14H17N3O2S. The van der Waals surface area contributed by atoms with Crippen LogP contribution in [0.5, 0.6) is 0 Å². The van der Waals surface area contributed by atoms with E-state index in [2.05, 4.69) is 11.4 Å². The summed E-state index contributed by atoms with van der Waals surface area (Å²) in [7, 11) is 0. The smallest absolute Gasteiger partial charge is 0.249 e. The van der Waals surface area contributed by atoms with Crippen LogP contribution in [0.1, 0.15) is 35.7 Å². The number of hydrogen-bond donors (Lipinski definition) is 1. The van der Waals surface area contributed by atoms with Gasteiger partial charge in [0.1, 0.15) is 10.9 Å². The number of thiophene rings is 1. The van der Waals surface area contributed by atoms with Gasteiger partial charge in [-0.25, -0.2) is 5.06 Å². The SMILES string of the molecule is N#Cc1cc([C@@H]2CCON2C(=O)C2CCNCC2)cs1. The van der Waals surface area contributed by atoms with Gasteiger partial charge in [-0.05, 0) is 42.9 Å². The Morgan fingerprint density at radius 2 is 2.25 bits per heavy atom. The fourth-order valence-electron chi connectivity index (χ4n) is 2.82.